The third-order valence-electron chi connectivity index (χ3n) is 3.95. The van der Waals surface area contributed by atoms with Gasteiger partial charge < -0.3 is 10.1 Å². The van der Waals surface area contributed by atoms with Gasteiger partial charge in [0.1, 0.15) is 11.9 Å². The number of benzene rings is 1. The number of carbonyl (C=O) groups is 1. The third-order valence-corrected chi connectivity index (χ3v) is 4.57. The average Bonchev–Trinajstić information content (AvgIpc) is 2.77. The van der Waals surface area contributed by atoms with Gasteiger partial charge in [-0.15, -0.1) is 0 Å². The number of halogens is 1. The van der Waals surface area contributed by atoms with Crippen LogP contribution in [0.4, 0.5) is 0 Å². The van der Waals surface area contributed by atoms with Crippen LogP contribution in [0.5, 0.6) is 5.75 Å². The fourth-order valence-electron chi connectivity index (χ4n) is 2.99. The standard InChI is InChI=1S/C14H17BrN2O2/c1-19-12-6-5-9(8-10(12)15)13-16-14(18)11-4-2-3-7-17(11)13/h5-6,8,11,13H,2-4,7H2,1H3,(H,16,18)/t11-,13-/m0/s1. The Morgan fingerprint density at radius 1 is 1.42 bits per heavy atom. The molecule has 102 valence electrons. The minimum absolute atomic E-state index is 0.00000567. The summed E-state index contributed by atoms with van der Waals surface area (Å²) in [4.78, 5) is 14.3. The van der Waals surface area contributed by atoms with Gasteiger partial charge >= 0.3 is 0 Å². The molecule has 0 spiro atoms. The van der Waals surface area contributed by atoms with E-state index in [1.807, 2.05) is 18.2 Å². The Bertz CT molecular complexity index is 506. The Kier molecular flexibility index (Phi) is 3.50. The number of amides is 1. The van der Waals surface area contributed by atoms with E-state index in [-0.39, 0.29) is 18.1 Å². The van der Waals surface area contributed by atoms with Crippen molar-refractivity contribution in [2.24, 2.45) is 0 Å². The van der Waals surface area contributed by atoms with Crippen molar-refractivity contribution in [3.63, 3.8) is 0 Å². The Labute approximate surface area is 121 Å². The van der Waals surface area contributed by atoms with Crippen LogP contribution in [0.25, 0.3) is 0 Å². The van der Waals surface area contributed by atoms with E-state index in [0.717, 1.165) is 35.2 Å². The molecule has 2 fully saturated rings. The topological polar surface area (TPSA) is 41.6 Å². The number of hydrogen-bond donors (Lipinski definition) is 1. The highest BCUT2D eigenvalue weighted by Crippen LogP contribution is 2.35. The van der Waals surface area contributed by atoms with Gasteiger partial charge in [0, 0.05) is 6.54 Å². The molecule has 1 amide bonds. The predicted molar refractivity (Wildman–Crippen MR) is 75.9 cm³/mol. The summed E-state index contributed by atoms with van der Waals surface area (Å²) >= 11 is 3.50. The first-order valence-corrected chi connectivity index (χ1v) is 7.39. The molecule has 0 aromatic heterocycles. The van der Waals surface area contributed by atoms with Crippen LogP contribution in [0.3, 0.4) is 0 Å². The van der Waals surface area contributed by atoms with E-state index in [4.69, 9.17) is 4.74 Å². The molecular formula is C14H17BrN2O2. The van der Waals surface area contributed by atoms with Gasteiger partial charge in [-0.25, -0.2) is 0 Å². The second-order valence-electron chi connectivity index (χ2n) is 5.05. The van der Waals surface area contributed by atoms with Gasteiger partial charge in [-0.1, -0.05) is 12.5 Å². The number of rotatable bonds is 2. The van der Waals surface area contributed by atoms with Gasteiger partial charge in [0.25, 0.3) is 0 Å². The molecule has 0 bridgehead atoms. The van der Waals surface area contributed by atoms with Crippen molar-refractivity contribution < 1.29 is 9.53 Å². The van der Waals surface area contributed by atoms with E-state index in [0.29, 0.717) is 0 Å². The molecule has 2 heterocycles. The summed E-state index contributed by atoms with van der Waals surface area (Å²) in [6, 6.07) is 6.04. The van der Waals surface area contributed by atoms with E-state index in [2.05, 4.69) is 26.1 Å². The Morgan fingerprint density at radius 3 is 3.00 bits per heavy atom. The molecule has 3 rings (SSSR count). The molecule has 0 unspecified atom stereocenters. The van der Waals surface area contributed by atoms with E-state index in [9.17, 15) is 4.79 Å². The van der Waals surface area contributed by atoms with Crippen LogP contribution in [-0.4, -0.2) is 30.5 Å². The van der Waals surface area contributed by atoms with Crippen molar-refractivity contribution in [3.8, 4) is 5.75 Å². The van der Waals surface area contributed by atoms with Crippen molar-refractivity contribution in [2.45, 2.75) is 31.5 Å². The number of carbonyl (C=O) groups excluding carboxylic acids is 1. The molecule has 1 N–H and O–H groups in total. The van der Waals surface area contributed by atoms with Crippen molar-refractivity contribution >= 4 is 21.8 Å². The number of piperidine rings is 1. The van der Waals surface area contributed by atoms with Gasteiger partial charge in [-0.3, -0.25) is 9.69 Å². The van der Waals surface area contributed by atoms with E-state index in [1.165, 1.54) is 6.42 Å². The second-order valence-corrected chi connectivity index (χ2v) is 5.91. The molecule has 19 heavy (non-hydrogen) atoms. The van der Waals surface area contributed by atoms with Crippen LogP contribution >= 0.6 is 15.9 Å². The molecule has 1 aromatic carbocycles. The summed E-state index contributed by atoms with van der Waals surface area (Å²) in [5, 5.41) is 3.10. The first-order valence-electron chi connectivity index (χ1n) is 6.60. The van der Waals surface area contributed by atoms with Crippen LogP contribution in [0.2, 0.25) is 0 Å². The maximum Gasteiger partial charge on any atom is 0.238 e. The lowest BCUT2D eigenvalue weighted by Crippen LogP contribution is -2.38. The highest BCUT2D eigenvalue weighted by molar-refractivity contribution is 9.10. The third kappa shape index (κ3) is 2.25. The van der Waals surface area contributed by atoms with Crippen molar-refractivity contribution in [2.75, 3.05) is 13.7 Å². The molecule has 1 aromatic rings. The summed E-state index contributed by atoms with van der Waals surface area (Å²) in [5.74, 6) is 0.972. The summed E-state index contributed by atoms with van der Waals surface area (Å²) < 4.78 is 6.16. The maximum absolute atomic E-state index is 12.0. The Hall–Kier alpha value is -1.07. The molecule has 2 aliphatic heterocycles. The minimum Gasteiger partial charge on any atom is -0.496 e. The normalized spacial score (nSPS) is 26.9. The van der Waals surface area contributed by atoms with Crippen LogP contribution in [0, 0.1) is 0 Å². The molecule has 4 nitrogen and oxygen atoms in total. The van der Waals surface area contributed by atoms with E-state index in [1.54, 1.807) is 7.11 Å². The molecule has 2 saturated heterocycles. The number of hydrogen-bond acceptors (Lipinski definition) is 3. The predicted octanol–water partition coefficient (Wildman–Crippen LogP) is 2.44. The number of nitrogens with one attached hydrogen (secondary N) is 1. The summed E-state index contributed by atoms with van der Waals surface area (Å²) in [5.41, 5.74) is 1.10. The molecule has 0 saturated carbocycles. The molecular weight excluding hydrogens is 308 g/mol. The molecule has 0 aliphatic carbocycles. The van der Waals surface area contributed by atoms with Gasteiger partial charge in [0.15, 0.2) is 0 Å². The van der Waals surface area contributed by atoms with Crippen LogP contribution in [-0.2, 0) is 4.79 Å². The van der Waals surface area contributed by atoms with Gasteiger partial charge in [0.05, 0.1) is 17.6 Å². The smallest absolute Gasteiger partial charge is 0.238 e. The molecule has 2 atom stereocenters. The summed E-state index contributed by atoms with van der Waals surface area (Å²) in [6.45, 7) is 0.984. The first kappa shape index (κ1) is 12.9. The van der Waals surface area contributed by atoms with Crippen molar-refractivity contribution in [1.82, 2.24) is 10.2 Å². The molecule has 0 radical (unpaired) electrons. The number of ether oxygens (including phenoxy) is 1. The lowest BCUT2D eigenvalue weighted by Gasteiger charge is -2.31. The van der Waals surface area contributed by atoms with E-state index < -0.39 is 0 Å². The fourth-order valence-corrected chi connectivity index (χ4v) is 3.54. The van der Waals surface area contributed by atoms with Gasteiger partial charge in [-0.05, 0) is 46.5 Å². The quantitative estimate of drug-likeness (QED) is 0.908. The van der Waals surface area contributed by atoms with Gasteiger partial charge in [0.2, 0.25) is 5.91 Å². The van der Waals surface area contributed by atoms with Gasteiger partial charge in [-0.2, -0.15) is 0 Å². The Balaban J connectivity index is 1.89. The highest BCUT2D eigenvalue weighted by Gasteiger charge is 2.41. The largest absolute Gasteiger partial charge is 0.496 e. The fraction of sp³-hybridized carbons (Fsp3) is 0.500. The number of methoxy groups -OCH3 is 1. The lowest BCUT2D eigenvalue weighted by atomic mass is 10.0. The second kappa shape index (κ2) is 5.13. The summed E-state index contributed by atoms with van der Waals surface area (Å²) in [7, 11) is 1.65. The van der Waals surface area contributed by atoms with Crippen molar-refractivity contribution in [1.29, 1.82) is 0 Å². The minimum atomic E-state index is 0.00000567. The van der Waals surface area contributed by atoms with E-state index >= 15 is 0 Å². The van der Waals surface area contributed by atoms with Crippen LogP contribution in [0.15, 0.2) is 22.7 Å². The SMILES string of the molecule is COc1ccc([C@H]2NC(=O)[C@@H]3CCCCN23)cc1Br. The lowest BCUT2D eigenvalue weighted by molar-refractivity contribution is -0.122. The maximum atomic E-state index is 12.0. The molecule has 5 heteroatoms. The monoisotopic (exact) mass is 324 g/mol. The average molecular weight is 325 g/mol. The highest BCUT2D eigenvalue weighted by atomic mass is 79.9. The molecule has 2 aliphatic rings. The van der Waals surface area contributed by atoms with Crippen LogP contribution in [0.1, 0.15) is 31.0 Å². The Morgan fingerprint density at radius 2 is 2.26 bits per heavy atom. The zero-order valence-electron chi connectivity index (χ0n) is 10.9. The number of fused-ring (bicyclic) bond motifs is 1. The zero-order valence-corrected chi connectivity index (χ0v) is 12.4. The zero-order chi connectivity index (χ0) is 13.4. The number of nitrogens with zero attached hydrogens (tertiary/aromatic N) is 1. The summed E-state index contributed by atoms with van der Waals surface area (Å²) in [6.07, 6.45) is 3.28. The van der Waals surface area contributed by atoms with Crippen molar-refractivity contribution in [3.05, 3.63) is 28.2 Å². The first-order chi connectivity index (χ1) is 9.20. The van der Waals surface area contributed by atoms with Crippen LogP contribution < -0.4 is 10.1 Å².